The van der Waals surface area contributed by atoms with Gasteiger partial charge < -0.3 is 10.2 Å². The van der Waals surface area contributed by atoms with Crippen LogP contribution in [0.5, 0.6) is 0 Å². The van der Waals surface area contributed by atoms with E-state index in [1.807, 2.05) is 49.9 Å². The Kier molecular flexibility index (Phi) is 6.29. The van der Waals surface area contributed by atoms with E-state index >= 15 is 0 Å². The molecular weight excluding hydrogens is 240 g/mol. The lowest BCUT2D eigenvalue weighted by atomic mass is 10.2. The summed E-state index contributed by atoms with van der Waals surface area (Å²) in [7, 11) is 3.81. The number of likely N-dealkylation sites (N-methyl/N-ethyl adjacent to an activating group) is 2. The van der Waals surface area contributed by atoms with E-state index in [1.165, 1.54) is 0 Å². The average Bonchev–Trinajstić information content (AvgIpc) is 2.40. The lowest BCUT2D eigenvalue weighted by molar-refractivity contribution is -0.131. The molecular formula is C14H24N4O. The zero-order valence-electron chi connectivity index (χ0n) is 12.3. The maximum Gasteiger partial charge on any atom is 0.236 e. The molecule has 1 rings (SSSR count). The minimum Gasteiger partial charge on any atom is -0.373 e. The smallest absolute Gasteiger partial charge is 0.236 e. The van der Waals surface area contributed by atoms with Gasteiger partial charge >= 0.3 is 0 Å². The highest BCUT2D eigenvalue weighted by Crippen LogP contribution is 2.08. The van der Waals surface area contributed by atoms with Crippen molar-refractivity contribution in [3.63, 3.8) is 0 Å². The molecule has 0 aromatic carbocycles. The van der Waals surface area contributed by atoms with Gasteiger partial charge in [-0.3, -0.25) is 9.69 Å². The van der Waals surface area contributed by atoms with E-state index in [-0.39, 0.29) is 5.91 Å². The molecule has 5 heteroatoms. The van der Waals surface area contributed by atoms with Gasteiger partial charge in [-0.1, -0.05) is 0 Å². The van der Waals surface area contributed by atoms with Gasteiger partial charge in [0.1, 0.15) is 5.82 Å². The minimum atomic E-state index is 0.176. The van der Waals surface area contributed by atoms with Crippen molar-refractivity contribution in [2.75, 3.05) is 39.0 Å². The average molecular weight is 264 g/mol. The normalized spacial score (nSPS) is 10.6. The first-order valence-electron chi connectivity index (χ1n) is 6.69. The Morgan fingerprint density at radius 3 is 2.63 bits per heavy atom. The number of hydrogen-bond donors (Lipinski definition) is 1. The molecule has 1 amide bonds. The second kappa shape index (κ2) is 7.74. The quantitative estimate of drug-likeness (QED) is 0.809. The zero-order chi connectivity index (χ0) is 14.3. The molecule has 1 N–H and O–H groups in total. The fourth-order valence-corrected chi connectivity index (χ4v) is 1.98. The van der Waals surface area contributed by atoms with Crippen LogP contribution >= 0.6 is 0 Å². The number of carbonyl (C=O) groups is 1. The van der Waals surface area contributed by atoms with Crippen molar-refractivity contribution in [1.82, 2.24) is 14.8 Å². The molecule has 19 heavy (non-hydrogen) atoms. The third-order valence-corrected chi connectivity index (χ3v) is 3.05. The molecule has 0 atom stereocenters. The van der Waals surface area contributed by atoms with Gasteiger partial charge in [0, 0.05) is 32.9 Å². The van der Waals surface area contributed by atoms with Crippen LogP contribution in [0.15, 0.2) is 18.3 Å². The van der Waals surface area contributed by atoms with Gasteiger partial charge in [-0.2, -0.15) is 0 Å². The predicted molar refractivity (Wildman–Crippen MR) is 78.0 cm³/mol. The van der Waals surface area contributed by atoms with Crippen molar-refractivity contribution < 1.29 is 4.79 Å². The van der Waals surface area contributed by atoms with Gasteiger partial charge in [0.15, 0.2) is 0 Å². The van der Waals surface area contributed by atoms with Crippen molar-refractivity contribution in [3.05, 3.63) is 23.9 Å². The Morgan fingerprint density at radius 2 is 2.05 bits per heavy atom. The summed E-state index contributed by atoms with van der Waals surface area (Å²) in [6.45, 7) is 6.72. The van der Waals surface area contributed by atoms with Gasteiger partial charge in [0.2, 0.25) is 5.91 Å². The van der Waals surface area contributed by atoms with Crippen LogP contribution < -0.4 is 5.32 Å². The molecule has 0 radical (unpaired) electrons. The highest BCUT2D eigenvalue weighted by Gasteiger charge is 2.12. The first kappa shape index (κ1) is 15.4. The lowest BCUT2D eigenvalue weighted by Crippen LogP contribution is -2.38. The molecule has 5 nitrogen and oxygen atoms in total. The first-order chi connectivity index (χ1) is 9.10. The van der Waals surface area contributed by atoms with Crippen LogP contribution in [0.2, 0.25) is 0 Å². The van der Waals surface area contributed by atoms with Crippen LogP contribution in [0.3, 0.4) is 0 Å². The lowest BCUT2D eigenvalue weighted by Gasteiger charge is -2.23. The van der Waals surface area contributed by atoms with Crippen LogP contribution in [0.25, 0.3) is 0 Å². The van der Waals surface area contributed by atoms with Crippen molar-refractivity contribution in [3.8, 4) is 0 Å². The molecule has 1 aromatic rings. The van der Waals surface area contributed by atoms with Crippen molar-refractivity contribution in [2.45, 2.75) is 20.4 Å². The SMILES string of the molecule is CCN(CC)C(=O)CN(C)Cc1ccnc(NC)c1. The Morgan fingerprint density at radius 1 is 1.37 bits per heavy atom. The molecule has 0 fully saturated rings. The maximum atomic E-state index is 12.0. The third-order valence-electron chi connectivity index (χ3n) is 3.05. The maximum absolute atomic E-state index is 12.0. The molecule has 0 unspecified atom stereocenters. The summed E-state index contributed by atoms with van der Waals surface area (Å²) in [6.07, 6.45) is 1.78. The Labute approximate surface area is 115 Å². The number of aromatic nitrogens is 1. The number of hydrogen-bond acceptors (Lipinski definition) is 4. The summed E-state index contributed by atoms with van der Waals surface area (Å²) in [5.41, 5.74) is 1.15. The molecule has 0 aliphatic heterocycles. The summed E-state index contributed by atoms with van der Waals surface area (Å²) < 4.78 is 0. The first-order valence-corrected chi connectivity index (χ1v) is 6.69. The van der Waals surface area contributed by atoms with E-state index in [1.54, 1.807) is 6.20 Å². The topological polar surface area (TPSA) is 48.5 Å². The van der Waals surface area contributed by atoms with Crippen LogP contribution in [0.4, 0.5) is 5.82 Å². The highest BCUT2D eigenvalue weighted by molar-refractivity contribution is 5.78. The summed E-state index contributed by atoms with van der Waals surface area (Å²) in [5.74, 6) is 1.02. The Bertz CT molecular complexity index is 404. The van der Waals surface area contributed by atoms with Crippen molar-refractivity contribution in [2.24, 2.45) is 0 Å². The van der Waals surface area contributed by atoms with E-state index in [9.17, 15) is 4.79 Å². The van der Waals surface area contributed by atoms with E-state index in [2.05, 4.69) is 10.3 Å². The molecule has 106 valence electrons. The number of rotatable bonds is 7. The fourth-order valence-electron chi connectivity index (χ4n) is 1.98. The monoisotopic (exact) mass is 264 g/mol. The number of amides is 1. The van der Waals surface area contributed by atoms with E-state index < -0.39 is 0 Å². The second-order valence-electron chi connectivity index (χ2n) is 4.54. The van der Waals surface area contributed by atoms with Crippen LogP contribution in [-0.4, -0.2) is 54.4 Å². The molecule has 0 saturated heterocycles. The standard InChI is InChI=1S/C14H24N4O/c1-5-18(6-2)14(19)11-17(4)10-12-7-8-16-13(9-12)15-3/h7-9H,5-6,10-11H2,1-4H3,(H,15,16). The molecule has 0 aliphatic rings. The second-order valence-corrected chi connectivity index (χ2v) is 4.54. The zero-order valence-corrected chi connectivity index (χ0v) is 12.3. The molecule has 0 bridgehead atoms. The van der Waals surface area contributed by atoms with E-state index in [0.717, 1.165) is 31.0 Å². The number of nitrogens with zero attached hydrogens (tertiary/aromatic N) is 3. The fraction of sp³-hybridized carbons (Fsp3) is 0.571. The molecule has 0 aliphatic carbocycles. The highest BCUT2D eigenvalue weighted by atomic mass is 16.2. The Balaban J connectivity index is 2.54. The van der Waals surface area contributed by atoms with Crippen LogP contribution in [0.1, 0.15) is 19.4 Å². The number of nitrogens with one attached hydrogen (secondary N) is 1. The summed E-state index contributed by atoms with van der Waals surface area (Å²) in [4.78, 5) is 20.0. The van der Waals surface area contributed by atoms with E-state index in [4.69, 9.17) is 0 Å². The van der Waals surface area contributed by atoms with Gasteiger partial charge in [0.25, 0.3) is 0 Å². The molecule has 1 heterocycles. The molecule has 1 aromatic heterocycles. The number of anilines is 1. The van der Waals surface area contributed by atoms with E-state index in [0.29, 0.717) is 6.54 Å². The Hall–Kier alpha value is -1.62. The third kappa shape index (κ3) is 4.87. The van der Waals surface area contributed by atoms with Gasteiger partial charge in [-0.25, -0.2) is 4.98 Å². The van der Waals surface area contributed by atoms with Crippen LogP contribution in [-0.2, 0) is 11.3 Å². The predicted octanol–water partition coefficient (Wildman–Crippen LogP) is 1.42. The number of pyridine rings is 1. The van der Waals surface area contributed by atoms with Crippen molar-refractivity contribution in [1.29, 1.82) is 0 Å². The van der Waals surface area contributed by atoms with Crippen LogP contribution in [0, 0.1) is 0 Å². The largest absolute Gasteiger partial charge is 0.373 e. The number of carbonyl (C=O) groups excluding carboxylic acids is 1. The summed E-state index contributed by atoms with van der Waals surface area (Å²) >= 11 is 0. The summed E-state index contributed by atoms with van der Waals surface area (Å²) in [5, 5.41) is 3.01. The summed E-state index contributed by atoms with van der Waals surface area (Å²) in [6, 6.07) is 3.97. The van der Waals surface area contributed by atoms with Crippen molar-refractivity contribution >= 4 is 11.7 Å². The minimum absolute atomic E-state index is 0.176. The van der Waals surface area contributed by atoms with Gasteiger partial charge in [-0.15, -0.1) is 0 Å². The molecule has 0 spiro atoms. The van der Waals surface area contributed by atoms with Gasteiger partial charge in [0.05, 0.1) is 6.54 Å². The molecule has 0 saturated carbocycles. The van der Waals surface area contributed by atoms with Gasteiger partial charge in [-0.05, 0) is 38.6 Å².